The number of hydrogen-bond donors (Lipinski definition) is 1. The summed E-state index contributed by atoms with van der Waals surface area (Å²) in [4.78, 5) is 19.3. The van der Waals surface area contributed by atoms with E-state index in [4.69, 9.17) is 0 Å². The van der Waals surface area contributed by atoms with Gasteiger partial charge in [0, 0.05) is 24.7 Å². The molecule has 1 saturated heterocycles. The number of aromatic nitrogens is 2. The SMILES string of the molecule is Cc1nc2sccn2c(=O)c1S(=O)(=O)NCC1CCN(Cc2ccc(F)cc2)CC1. The number of aryl methyl sites for hydroxylation is 1. The van der Waals surface area contributed by atoms with E-state index in [-0.39, 0.29) is 28.9 Å². The Morgan fingerprint density at radius 1 is 1.23 bits per heavy atom. The van der Waals surface area contributed by atoms with Crippen LogP contribution in [0.1, 0.15) is 24.1 Å². The number of nitrogens with one attached hydrogen (secondary N) is 1. The van der Waals surface area contributed by atoms with Crippen molar-refractivity contribution in [3.63, 3.8) is 0 Å². The lowest BCUT2D eigenvalue weighted by atomic mass is 9.97. The molecule has 0 spiro atoms. The van der Waals surface area contributed by atoms with E-state index in [1.165, 1.54) is 34.1 Å². The van der Waals surface area contributed by atoms with Crippen LogP contribution in [0.3, 0.4) is 0 Å². The largest absolute Gasteiger partial charge is 0.299 e. The quantitative estimate of drug-likeness (QED) is 0.624. The lowest BCUT2D eigenvalue weighted by Gasteiger charge is -2.32. The first-order valence-corrected chi connectivity index (χ1v) is 12.1. The van der Waals surface area contributed by atoms with Gasteiger partial charge in [0.1, 0.15) is 5.82 Å². The fourth-order valence-electron chi connectivity index (χ4n) is 3.77. The van der Waals surface area contributed by atoms with Gasteiger partial charge in [-0.2, -0.15) is 0 Å². The van der Waals surface area contributed by atoms with Crippen LogP contribution in [0.15, 0.2) is 45.5 Å². The molecule has 0 saturated carbocycles. The number of rotatable bonds is 6. The Bertz CT molecular complexity index is 1200. The first-order valence-electron chi connectivity index (χ1n) is 9.76. The van der Waals surface area contributed by atoms with Crippen LogP contribution in [0.5, 0.6) is 0 Å². The second-order valence-electron chi connectivity index (χ2n) is 7.58. The fraction of sp³-hybridized carbons (Fsp3) is 0.400. The van der Waals surface area contributed by atoms with E-state index in [0.717, 1.165) is 38.0 Å². The summed E-state index contributed by atoms with van der Waals surface area (Å²) >= 11 is 1.29. The van der Waals surface area contributed by atoms with Crippen molar-refractivity contribution in [1.29, 1.82) is 0 Å². The summed E-state index contributed by atoms with van der Waals surface area (Å²) in [6.45, 7) is 4.27. The number of thiazole rings is 1. The van der Waals surface area contributed by atoms with Gasteiger partial charge in [0.25, 0.3) is 5.56 Å². The molecule has 0 aliphatic carbocycles. The smallest absolute Gasteiger partial charge is 0.279 e. The molecule has 0 radical (unpaired) electrons. The Balaban J connectivity index is 1.36. The maximum Gasteiger partial charge on any atom is 0.279 e. The van der Waals surface area contributed by atoms with Gasteiger partial charge in [0.2, 0.25) is 10.0 Å². The monoisotopic (exact) mass is 450 g/mol. The highest BCUT2D eigenvalue weighted by molar-refractivity contribution is 7.89. The zero-order valence-electron chi connectivity index (χ0n) is 16.5. The molecule has 1 aliphatic heterocycles. The minimum Gasteiger partial charge on any atom is -0.299 e. The Morgan fingerprint density at radius 2 is 1.93 bits per heavy atom. The molecule has 1 aromatic carbocycles. The molecule has 10 heteroatoms. The summed E-state index contributed by atoms with van der Waals surface area (Å²) in [5.41, 5.74) is 0.701. The highest BCUT2D eigenvalue weighted by Crippen LogP contribution is 2.20. The molecule has 0 bridgehead atoms. The van der Waals surface area contributed by atoms with Gasteiger partial charge in [0.15, 0.2) is 9.86 Å². The molecule has 1 aliphatic rings. The maximum absolute atomic E-state index is 13.0. The predicted octanol–water partition coefficient (Wildman–Crippen LogP) is 2.39. The summed E-state index contributed by atoms with van der Waals surface area (Å²) in [5, 5.41) is 1.70. The number of likely N-dealkylation sites (tertiary alicyclic amines) is 1. The molecule has 4 rings (SSSR count). The highest BCUT2D eigenvalue weighted by Gasteiger charge is 2.26. The van der Waals surface area contributed by atoms with Crippen LogP contribution in [-0.4, -0.2) is 42.3 Å². The summed E-state index contributed by atoms with van der Waals surface area (Å²) < 4.78 is 42.5. The van der Waals surface area contributed by atoms with E-state index in [1.54, 1.807) is 24.4 Å². The number of fused-ring (bicyclic) bond motifs is 1. The number of nitrogens with zero attached hydrogens (tertiary/aromatic N) is 3. The Labute approximate surface area is 178 Å². The Hall–Kier alpha value is -2.14. The van der Waals surface area contributed by atoms with E-state index in [1.807, 2.05) is 0 Å². The van der Waals surface area contributed by atoms with Crippen molar-refractivity contribution in [3.8, 4) is 0 Å². The summed E-state index contributed by atoms with van der Waals surface area (Å²) in [7, 11) is -3.95. The second-order valence-corrected chi connectivity index (χ2v) is 10.2. The third kappa shape index (κ3) is 4.46. The van der Waals surface area contributed by atoms with Gasteiger partial charge in [-0.25, -0.2) is 22.5 Å². The van der Waals surface area contributed by atoms with Crippen molar-refractivity contribution < 1.29 is 12.8 Å². The van der Waals surface area contributed by atoms with Gasteiger partial charge in [-0.05, 0) is 56.5 Å². The third-order valence-corrected chi connectivity index (χ3v) is 7.76. The van der Waals surface area contributed by atoms with Gasteiger partial charge in [-0.3, -0.25) is 14.1 Å². The summed E-state index contributed by atoms with van der Waals surface area (Å²) in [5.74, 6) is -0.0434. The van der Waals surface area contributed by atoms with Crippen LogP contribution < -0.4 is 10.3 Å². The van der Waals surface area contributed by atoms with Crippen molar-refractivity contribution in [2.45, 2.75) is 31.2 Å². The van der Waals surface area contributed by atoms with Crippen molar-refractivity contribution in [3.05, 3.63) is 63.3 Å². The number of piperidine rings is 1. The van der Waals surface area contributed by atoms with Crippen LogP contribution in [0.4, 0.5) is 4.39 Å². The van der Waals surface area contributed by atoms with Gasteiger partial charge >= 0.3 is 0 Å². The standard InChI is InChI=1S/C20H23FN4O3S2/c1-14-18(19(26)25-10-11-29-20(25)23-14)30(27,28)22-12-15-6-8-24(9-7-15)13-16-2-4-17(21)5-3-16/h2-5,10-11,15,22H,6-9,12-13H2,1H3. The molecule has 3 aromatic rings. The number of hydrogen-bond acceptors (Lipinski definition) is 6. The third-order valence-electron chi connectivity index (χ3n) is 5.45. The molecule has 0 unspecified atom stereocenters. The predicted molar refractivity (Wildman–Crippen MR) is 114 cm³/mol. The fourth-order valence-corrected chi connectivity index (χ4v) is 5.89. The van der Waals surface area contributed by atoms with Crippen molar-refractivity contribution in [1.82, 2.24) is 19.0 Å². The van der Waals surface area contributed by atoms with E-state index < -0.39 is 15.6 Å². The van der Waals surface area contributed by atoms with Crippen molar-refractivity contribution in [2.75, 3.05) is 19.6 Å². The first kappa shape index (κ1) is 21.1. The molecule has 7 nitrogen and oxygen atoms in total. The number of benzene rings is 1. The van der Waals surface area contributed by atoms with Gasteiger partial charge in [-0.15, -0.1) is 11.3 Å². The average molecular weight is 451 g/mol. The summed E-state index contributed by atoms with van der Waals surface area (Å²) in [6, 6.07) is 6.50. The van der Waals surface area contributed by atoms with E-state index in [9.17, 15) is 17.6 Å². The molecule has 1 N–H and O–H groups in total. The molecular formula is C20H23FN4O3S2. The molecule has 0 amide bonds. The van der Waals surface area contributed by atoms with Crippen LogP contribution in [0.25, 0.3) is 4.96 Å². The Kier molecular flexibility index (Phi) is 6.01. The zero-order valence-corrected chi connectivity index (χ0v) is 18.2. The molecule has 0 atom stereocenters. The first-order chi connectivity index (χ1) is 14.3. The number of sulfonamides is 1. The highest BCUT2D eigenvalue weighted by atomic mass is 32.2. The lowest BCUT2D eigenvalue weighted by molar-refractivity contribution is 0.178. The van der Waals surface area contributed by atoms with Gasteiger partial charge in [-0.1, -0.05) is 12.1 Å². The van der Waals surface area contributed by atoms with Gasteiger partial charge < -0.3 is 0 Å². The molecule has 160 valence electrons. The van der Waals surface area contributed by atoms with E-state index >= 15 is 0 Å². The molecule has 2 aromatic heterocycles. The van der Waals surface area contributed by atoms with E-state index in [2.05, 4.69) is 14.6 Å². The molecule has 30 heavy (non-hydrogen) atoms. The molecular weight excluding hydrogens is 427 g/mol. The van der Waals surface area contributed by atoms with Crippen molar-refractivity contribution >= 4 is 26.3 Å². The lowest BCUT2D eigenvalue weighted by Crippen LogP contribution is -2.39. The second kappa shape index (κ2) is 8.54. The molecule has 3 heterocycles. The zero-order chi connectivity index (χ0) is 21.3. The van der Waals surface area contributed by atoms with Crippen molar-refractivity contribution in [2.24, 2.45) is 5.92 Å². The van der Waals surface area contributed by atoms with Crippen LogP contribution >= 0.6 is 11.3 Å². The maximum atomic E-state index is 13.0. The Morgan fingerprint density at radius 3 is 2.63 bits per heavy atom. The van der Waals surface area contributed by atoms with Crippen LogP contribution in [-0.2, 0) is 16.6 Å². The summed E-state index contributed by atoms with van der Waals surface area (Å²) in [6.07, 6.45) is 3.23. The van der Waals surface area contributed by atoms with Crippen LogP contribution in [0, 0.1) is 18.7 Å². The normalized spacial score (nSPS) is 16.3. The minimum atomic E-state index is -3.95. The van der Waals surface area contributed by atoms with E-state index in [0.29, 0.717) is 4.96 Å². The average Bonchev–Trinajstić information content (AvgIpc) is 3.18. The topological polar surface area (TPSA) is 83.8 Å². The molecule has 1 fully saturated rings. The number of halogens is 1. The van der Waals surface area contributed by atoms with Crippen LogP contribution in [0.2, 0.25) is 0 Å². The van der Waals surface area contributed by atoms with Gasteiger partial charge in [0.05, 0.1) is 5.69 Å². The minimum absolute atomic E-state index is 0.199.